The molecule has 8 heteroatoms. The average molecular weight is 500 g/mol. The Labute approximate surface area is 207 Å². The van der Waals surface area contributed by atoms with Crippen molar-refractivity contribution >= 4 is 46.5 Å². The monoisotopic (exact) mass is 499 g/mol. The Bertz CT molecular complexity index is 1210. The van der Waals surface area contributed by atoms with Crippen LogP contribution in [-0.4, -0.2) is 43.2 Å². The first-order chi connectivity index (χ1) is 16.1. The Hall–Kier alpha value is -2.06. The fourth-order valence-electron chi connectivity index (χ4n) is 4.07. The summed E-state index contributed by atoms with van der Waals surface area (Å²) in [5.41, 5.74) is 3.86. The van der Waals surface area contributed by atoms with E-state index in [0.717, 1.165) is 42.1 Å². The predicted molar refractivity (Wildman–Crippen MR) is 139 cm³/mol. The van der Waals surface area contributed by atoms with Crippen LogP contribution in [-0.2, 0) is 4.74 Å². The number of rotatable bonds is 6. The molecule has 0 aliphatic carbocycles. The van der Waals surface area contributed by atoms with Gasteiger partial charge in [0.15, 0.2) is 0 Å². The summed E-state index contributed by atoms with van der Waals surface area (Å²) in [5.74, 6) is 0.587. The van der Waals surface area contributed by atoms with Crippen molar-refractivity contribution in [3.05, 3.63) is 58.9 Å². The summed E-state index contributed by atoms with van der Waals surface area (Å²) in [6.45, 7) is 5.11. The molecule has 1 fully saturated rings. The Morgan fingerprint density at radius 1 is 1.09 bits per heavy atom. The second-order valence-electron chi connectivity index (χ2n) is 8.12. The molecule has 5 nitrogen and oxygen atoms in total. The SMILES string of the molecule is CCC(CCl)Nc1ccc2c(c1)Sc1cccc(-c3cc(N4CCOCC4)cc(=O)[nH]3)c1S2. The molecular formula is C25H26ClN3O2S2. The first-order valence-electron chi connectivity index (χ1n) is 11.2. The van der Waals surface area contributed by atoms with E-state index in [0.29, 0.717) is 19.1 Å². The van der Waals surface area contributed by atoms with Gasteiger partial charge in [0.25, 0.3) is 0 Å². The third kappa shape index (κ3) is 4.92. The molecule has 2 N–H and O–H groups in total. The highest BCUT2D eigenvalue weighted by molar-refractivity contribution is 8.05. The minimum atomic E-state index is -0.0825. The number of alkyl halides is 1. The Morgan fingerprint density at radius 2 is 1.94 bits per heavy atom. The van der Waals surface area contributed by atoms with E-state index in [1.54, 1.807) is 29.6 Å². The number of ether oxygens (including phenoxy) is 1. The van der Waals surface area contributed by atoms with Gasteiger partial charge in [0.2, 0.25) is 5.56 Å². The summed E-state index contributed by atoms with van der Waals surface area (Å²) in [7, 11) is 0. The van der Waals surface area contributed by atoms with Gasteiger partial charge < -0.3 is 19.9 Å². The van der Waals surface area contributed by atoms with E-state index in [9.17, 15) is 4.79 Å². The van der Waals surface area contributed by atoms with E-state index in [1.165, 1.54) is 19.6 Å². The van der Waals surface area contributed by atoms with Crippen LogP contribution in [0, 0.1) is 0 Å². The van der Waals surface area contributed by atoms with Gasteiger partial charge in [-0.05, 0) is 36.8 Å². The Morgan fingerprint density at radius 3 is 2.73 bits per heavy atom. The lowest BCUT2D eigenvalue weighted by Gasteiger charge is -2.29. The summed E-state index contributed by atoms with van der Waals surface area (Å²) in [5, 5.41) is 3.53. The number of fused-ring (bicyclic) bond motifs is 2. The number of anilines is 2. The first-order valence-corrected chi connectivity index (χ1v) is 13.3. The molecule has 0 saturated carbocycles. The molecule has 1 saturated heterocycles. The van der Waals surface area contributed by atoms with Gasteiger partial charge in [-0.3, -0.25) is 4.79 Å². The predicted octanol–water partition coefficient (Wildman–Crippen LogP) is 5.92. The van der Waals surface area contributed by atoms with E-state index < -0.39 is 0 Å². The summed E-state index contributed by atoms with van der Waals surface area (Å²) >= 11 is 9.60. The van der Waals surface area contributed by atoms with Crippen molar-refractivity contribution < 1.29 is 4.74 Å². The second-order valence-corrected chi connectivity index (χ2v) is 10.6. The molecule has 33 heavy (non-hydrogen) atoms. The number of nitrogens with zero attached hydrogens (tertiary/aromatic N) is 1. The zero-order chi connectivity index (χ0) is 22.8. The van der Waals surface area contributed by atoms with Crippen molar-refractivity contribution in [2.24, 2.45) is 0 Å². The van der Waals surface area contributed by atoms with Crippen LogP contribution in [0.25, 0.3) is 11.3 Å². The molecule has 1 aromatic heterocycles. The summed E-state index contributed by atoms with van der Waals surface area (Å²) in [6.07, 6.45) is 0.983. The Balaban J connectivity index is 1.46. The highest BCUT2D eigenvalue weighted by atomic mass is 35.5. The molecule has 0 spiro atoms. The van der Waals surface area contributed by atoms with Crippen LogP contribution in [0.15, 0.2) is 72.9 Å². The van der Waals surface area contributed by atoms with Crippen LogP contribution in [0.1, 0.15) is 13.3 Å². The summed E-state index contributed by atoms with van der Waals surface area (Å²) < 4.78 is 5.47. The lowest BCUT2D eigenvalue weighted by molar-refractivity contribution is 0.122. The molecule has 2 aliphatic rings. The van der Waals surface area contributed by atoms with E-state index >= 15 is 0 Å². The molecule has 1 unspecified atom stereocenters. The molecule has 0 bridgehead atoms. The number of morpholine rings is 1. The van der Waals surface area contributed by atoms with Crippen LogP contribution in [0.3, 0.4) is 0 Å². The number of aromatic amines is 1. The fraction of sp³-hybridized carbons (Fsp3) is 0.320. The van der Waals surface area contributed by atoms with Crippen LogP contribution < -0.4 is 15.8 Å². The third-order valence-electron chi connectivity index (χ3n) is 5.90. The van der Waals surface area contributed by atoms with Gasteiger partial charge in [0.1, 0.15) is 0 Å². The Kier molecular flexibility index (Phi) is 6.92. The largest absolute Gasteiger partial charge is 0.381 e. The van der Waals surface area contributed by atoms with Crippen molar-refractivity contribution in [2.75, 3.05) is 42.4 Å². The van der Waals surface area contributed by atoms with Gasteiger partial charge in [0.05, 0.1) is 18.9 Å². The molecule has 2 aliphatic heterocycles. The van der Waals surface area contributed by atoms with Gasteiger partial charge in [0, 0.05) is 67.6 Å². The first kappa shape index (κ1) is 22.7. The van der Waals surface area contributed by atoms with Crippen LogP contribution in [0.2, 0.25) is 0 Å². The maximum Gasteiger partial charge on any atom is 0.250 e. The highest BCUT2D eigenvalue weighted by Gasteiger charge is 2.22. The van der Waals surface area contributed by atoms with Crippen LogP contribution in [0.4, 0.5) is 11.4 Å². The second kappa shape index (κ2) is 10.1. The minimum absolute atomic E-state index is 0.0825. The van der Waals surface area contributed by atoms with Crippen LogP contribution in [0.5, 0.6) is 0 Å². The van der Waals surface area contributed by atoms with Crippen molar-refractivity contribution in [1.82, 2.24) is 4.98 Å². The van der Waals surface area contributed by atoms with Crippen molar-refractivity contribution in [2.45, 2.75) is 39.0 Å². The molecular weight excluding hydrogens is 474 g/mol. The molecule has 1 atom stereocenters. The van der Waals surface area contributed by atoms with Gasteiger partial charge in [-0.25, -0.2) is 0 Å². The van der Waals surface area contributed by atoms with E-state index in [4.69, 9.17) is 16.3 Å². The average Bonchev–Trinajstić information content (AvgIpc) is 2.85. The fourth-order valence-corrected chi connectivity index (χ4v) is 6.78. The molecule has 0 radical (unpaired) electrons. The standard InChI is InChI=1S/C25H26ClN3O2S2/c1-2-16(15-26)27-17-6-7-21-23(12-17)32-22-5-3-4-19(25(22)33-21)20-13-18(14-24(30)28-20)29-8-10-31-11-9-29/h3-7,12-14,16,27H,2,8-11,15H2,1H3,(H,28,30). The molecule has 3 aromatic rings. The van der Waals surface area contributed by atoms with Crippen molar-refractivity contribution in [1.29, 1.82) is 0 Å². The summed E-state index contributed by atoms with van der Waals surface area (Å²) in [4.78, 5) is 22.6. The van der Waals surface area contributed by atoms with E-state index in [-0.39, 0.29) is 11.6 Å². The van der Waals surface area contributed by atoms with Gasteiger partial charge in [-0.1, -0.05) is 42.6 Å². The molecule has 172 valence electrons. The number of benzene rings is 2. The lowest BCUT2D eigenvalue weighted by Crippen LogP contribution is -2.36. The molecule has 5 rings (SSSR count). The number of halogens is 1. The molecule has 0 amide bonds. The number of hydrogen-bond donors (Lipinski definition) is 2. The number of nitrogens with one attached hydrogen (secondary N) is 2. The number of hydrogen-bond acceptors (Lipinski definition) is 6. The maximum atomic E-state index is 12.5. The molecule has 3 heterocycles. The third-order valence-corrected chi connectivity index (χ3v) is 8.87. The van der Waals surface area contributed by atoms with Gasteiger partial charge in [-0.2, -0.15) is 0 Å². The van der Waals surface area contributed by atoms with Crippen molar-refractivity contribution in [3.63, 3.8) is 0 Å². The lowest BCUT2D eigenvalue weighted by atomic mass is 10.1. The van der Waals surface area contributed by atoms with Gasteiger partial charge >= 0.3 is 0 Å². The smallest absolute Gasteiger partial charge is 0.250 e. The topological polar surface area (TPSA) is 57.4 Å². The highest BCUT2D eigenvalue weighted by Crippen LogP contribution is 2.52. The van der Waals surface area contributed by atoms with Gasteiger partial charge in [-0.15, -0.1) is 11.6 Å². The number of pyridine rings is 1. The number of aromatic nitrogens is 1. The molecule has 2 aromatic carbocycles. The maximum absolute atomic E-state index is 12.5. The zero-order valence-electron chi connectivity index (χ0n) is 18.4. The zero-order valence-corrected chi connectivity index (χ0v) is 20.8. The van der Waals surface area contributed by atoms with E-state index in [1.807, 2.05) is 0 Å². The van der Waals surface area contributed by atoms with Crippen LogP contribution >= 0.6 is 35.1 Å². The normalized spacial score (nSPS) is 16.1. The summed E-state index contributed by atoms with van der Waals surface area (Å²) in [6, 6.07) is 16.8. The van der Waals surface area contributed by atoms with Crippen molar-refractivity contribution in [3.8, 4) is 11.3 Å². The minimum Gasteiger partial charge on any atom is -0.381 e. The quantitative estimate of drug-likeness (QED) is 0.321. The number of H-pyrrole nitrogens is 1. The van der Waals surface area contributed by atoms with E-state index in [2.05, 4.69) is 64.6 Å².